The lowest BCUT2D eigenvalue weighted by Gasteiger charge is -2.13. The molecule has 0 saturated heterocycles. The molecule has 1 N–H and O–H groups in total. The van der Waals surface area contributed by atoms with Crippen LogP contribution in [0.5, 0.6) is 17.2 Å². The second kappa shape index (κ2) is 11.7. The van der Waals surface area contributed by atoms with Crippen LogP contribution in [0.4, 0.5) is 5.69 Å². The van der Waals surface area contributed by atoms with Crippen LogP contribution in [0.2, 0.25) is 0 Å². The fourth-order valence-electron chi connectivity index (χ4n) is 2.49. The summed E-state index contributed by atoms with van der Waals surface area (Å²) in [6, 6.07) is 12.3. The third-order valence-electron chi connectivity index (χ3n) is 3.81. The first-order valence-corrected chi connectivity index (χ1v) is 10.2. The summed E-state index contributed by atoms with van der Waals surface area (Å²) < 4.78 is 17.3. The molecule has 0 aliphatic carbocycles. The summed E-state index contributed by atoms with van der Waals surface area (Å²) >= 11 is 3.46. The van der Waals surface area contributed by atoms with E-state index < -0.39 is 5.91 Å². The van der Waals surface area contributed by atoms with E-state index in [1.54, 1.807) is 42.5 Å². The van der Waals surface area contributed by atoms with Crippen LogP contribution in [0.15, 0.2) is 59.1 Å². The fourth-order valence-corrected chi connectivity index (χ4v) is 2.93. The summed E-state index contributed by atoms with van der Waals surface area (Å²) in [5.74, 6) is 1.24. The van der Waals surface area contributed by atoms with Crippen molar-refractivity contribution in [3.05, 3.63) is 64.7 Å². The van der Waals surface area contributed by atoms with Crippen molar-refractivity contribution in [2.45, 2.75) is 13.8 Å². The normalized spacial score (nSPS) is 10.7. The van der Waals surface area contributed by atoms with Gasteiger partial charge >= 0.3 is 0 Å². The number of rotatable bonds is 10. The number of nitrogens with zero attached hydrogens (tertiary/aromatic N) is 1. The maximum absolute atomic E-state index is 12.6. The highest BCUT2D eigenvalue weighted by atomic mass is 79.9. The molecule has 2 aromatic rings. The lowest BCUT2D eigenvalue weighted by atomic mass is 10.1. The van der Waals surface area contributed by atoms with Gasteiger partial charge in [-0.25, -0.2) is 0 Å². The Labute approximate surface area is 184 Å². The Morgan fingerprint density at radius 2 is 1.80 bits per heavy atom. The third-order valence-corrected chi connectivity index (χ3v) is 4.49. The molecule has 0 aliphatic rings. The van der Waals surface area contributed by atoms with Gasteiger partial charge < -0.3 is 19.5 Å². The fraction of sp³-hybridized carbons (Fsp3) is 0.217. The monoisotopic (exact) mass is 470 g/mol. The van der Waals surface area contributed by atoms with Crippen molar-refractivity contribution in [3.63, 3.8) is 0 Å². The maximum atomic E-state index is 12.6. The topological polar surface area (TPSA) is 80.6 Å². The van der Waals surface area contributed by atoms with Crippen molar-refractivity contribution in [3.8, 4) is 23.3 Å². The Kier molecular flexibility index (Phi) is 8.98. The molecule has 30 heavy (non-hydrogen) atoms. The van der Waals surface area contributed by atoms with Gasteiger partial charge in [0.25, 0.3) is 5.91 Å². The molecule has 0 atom stereocenters. The molecule has 0 radical (unpaired) electrons. The molecule has 0 heterocycles. The van der Waals surface area contributed by atoms with Crippen molar-refractivity contribution in [1.82, 2.24) is 0 Å². The minimum absolute atomic E-state index is 0.0493. The minimum atomic E-state index is -0.515. The number of nitriles is 1. The van der Waals surface area contributed by atoms with Crippen LogP contribution in [0, 0.1) is 11.3 Å². The van der Waals surface area contributed by atoms with Crippen molar-refractivity contribution in [2.24, 2.45) is 0 Å². The van der Waals surface area contributed by atoms with E-state index in [1.165, 1.54) is 6.08 Å². The molecule has 0 saturated carbocycles. The Morgan fingerprint density at radius 3 is 2.40 bits per heavy atom. The Morgan fingerprint density at radius 1 is 1.13 bits per heavy atom. The maximum Gasteiger partial charge on any atom is 0.266 e. The summed E-state index contributed by atoms with van der Waals surface area (Å²) in [6.45, 7) is 8.72. The zero-order valence-corrected chi connectivity index (χ0v) is 18.5. The minimum Gasteiger partial charge on any atom is -0.494 e. The number of halogens is 1. The number of nitrogens with one attached hydrogen (secondary N) is 1. The molecule has 2 rings (SSSR count). The zero-order chi connectivity index (χ0) is 21.9. The second-order valence-electron chi connectivity index (χ2n) is 5.93. The van der Waals surface area contributed by atoms with Crippen LogP contribution in [-0.2, 0) is 4.79 Å². The first-order valence-electron chi connectivity index (χ1n) is 9.38. The van der Waals surface area contributed by atoms with Gasteiger partial charge in [-0.05, 0) is 61.9 Å². The zero-order valence-electron chi connectivity index (χ0n) is 16.9. The highest BCUT2D eigenvalue weighted by molar-refractivity contribution is 9.10. The number of benzene rings is 2. The molecule has 0 aliphatic heterocycles. The lowest BCUT2D eigenvalue weighted by molar-refractivity contribution is -0.112. The molecule has 7 heteroatoms. The largest absolute Gasteiger partial charge is 0.494 e. The average molecular weight is 471 g/mol. The summed E-state index contributed by atoms with van der Waals surface area (Å²) in [5.41, 5.74) is 1.13. The summed E-state index contributed by atoms with van der Waals surface area (Å²) in [7, 11) is 0. The Balaban J connectivity index is 2.27. The third kappa shape index (κ3) is 6.39. The van der Waals surface area contributed by atoms with Gasteiger partial charge in [0.1, 0.15) is 24.0 Å². The van der Waals surface area contributed by atoms with Gasteiger partial charge in [-0.1, -0.05) is 28.6 Å². The molecule has 156 valence electrons. The van der Waals surface area contributed by atoms with E-state index in [9.17, 15) is 10.1 Å². The Bertz CT molecular complexity index is 962. The highest BCUT2D eigenvalue weighted by Crippen LogP contribution is 2.35. The quantitative estimate of drug-likeness (QED) is 0.287. The molecular weight excluding hydrogens is 448 g/mol. The predicted octanol–water partition coefficient (Wildman–Crippen LogP) is 5.36. The number of carbonyl (C=O) groups is 1. The van der Waals surface area contributed by atoms with Crippen molar-refractivity contribution >= 4 is 33.6 Å². The number of amides is 1. The molecule has 0 spiro atoms. The van der Waals surface area contributed by atoms with Crippen LogP contribution in [0.3, 0.4) is 0 Å². The van der Waals surface area contributed by atoms with E-state index >= 15 is 0 Å². The van der Waals surface area contributed by atoms with Crippen LogP contribution in [0.1, 0.15) is 19.4 Å². The first-order chi connectivity index (χ1) is 14.5. The van der Waals surface area contributed by atoms with E-state index in [0.29, 0.717) is 52.8 Å². The van der Waals surface area contributed by atoms with Gasteiger partial charge in [-0.3, -0.25) is 4.79 Å². The molecule has 0 fully saturated rings. The van der Waals surface area contributed by atoms with Gasteiger partial charge in [0, 0.05) is 10.2 Å². The molecule has 6 nitrogen and oxygen atoms in total. The molecule has 1 amide bonds. The standard InChI is InChI=1S/C23H23BrN2O4/c1-4-11-30-22-14-20(24)16(13-21(22)29-6-3)12-17(15-25)23(27)26-18-7-9-19(10-8-18)28-5-2/h4,7-10,12-14H,1,5-6,11H2,2-3H3,(H,26,27)/b17-12+. The molecular formula is C23H23BrN2O4. The number of carbonyl (C=O) groups excluding carboxylic acids is 1. The van der Waals surface area contributed by atoms with Crippen molar-refractivity contribution in [2.75, 3.05) is 25.1 Å². The van der Waals surface area contributed by atoms with E-state index in [1.807, 2.05) is 19.9 Å². The first kappa shape index (κ1) is 23.0. The highest BCUT2D eigenvalue weighted by Gasteiger charge is 2.14. The summed E-state index contributed by atoms with van der Waals surface area (Å²) in [5, 5.41) is 12.2. The summed E-state index contributed by atoms with van der Waals surface area (Å²) in [6.07, 6.45) is 3.13. The van der Waals surface area contributed by atoms with Crippen molar-refractivity contribution in [1.29, 1.82) is 5.26 Å². The van der Waals surface area contributed by atoms with Crippen LogP contribution < -0.4 is 19.5 Å². The number of hydrogen-bond acceptors (Lipinski definition) is 5. The Hall–Kier alpha value is -3.24. The predicted molar refractivity (Wildman–Crippen MR) is 121 cm³/mol. The van der Waals surface area contributed by atoms with Crippen LogP contribution in [0.25, 0.3) is 6.08 Å². The number of hydrogen-bond donors (Lipinski definition) is 1. The van der Waals surface area contributed by atoms with Gasteiger partial charge in [0.2, 0.25) is 0 Å². The van der Waals surface area contributed by atoms with Gasteiger partial charge in [0.15, 0.2) is 11.5 Å². The lowest BCUT2D eigenvalue weighted by Crippen LogP contribution is -2.13. The molecule has 2 aromatic carbocycles. The van der Waals surface area contributed by atoms with Gasteiger partial charge in [0.05, 0.1) is 13.2 Å². The number of anilines is 1. The van der Waals surface area contributed by atoms with E-state index in [-0.39, 0.29) is 5.57 Å². The number of ether oxygens (including phenoxy) is 3. The van der Waals surface area contributed by atoms with E-state index in [0.717, 1.165) is 0 Å². The van der Waals surface area contributed by atoms with Crippen LogP contribution >= 0.6 is 15.9 Å². The van der Waals surface area contributed by atoms with Crippen molar-refractivity contribution < 1.29 is 19.0 Å². The van der Waals surface area contributed by atoms with Gasteiger partial charge in [-0.2, -0.15) is 5.26 Å². The van der Waals surface area contributed by atoms with E-state index in [4.69, 9.17) is 14.2 Å². The summed E-state index contributed by atoms with van der Waals surface area (Å²) in [4.78, 5) is 12.6. The average Bonchev–Trinajstić information content (AvgIpc) is 2.74. The molecule has 0 unspecified atom stereocenters. The van der Waals surface area contributed by atoms with Crippen LogP contribution in [-0.4, -0.2) is 25.7 Å². The second-order valence-corrected chi connectivity index (χ2v) is 6.79. The molecule has 0 bridgehead atoms. The smallest absolute Gasteiger partial charge is 0.266 e. The SMILES string of the molecule is C=CCOc1cc(Br)c(/C=C(\C#N)C(=O)Nc2ccc(OCC)cc2)cc1OCC. The van der Waals surface area contributed by atoms with E-state index in [2.05, 4.69) is 27.8 Å². The van der Waals surface area contributed by atoms with Gasteiger partial charge in [-0.15, -0.1) is 0 Å². The molecule has 0 aromatic heterocycles.